The number of amides is 1. The fraction of sp³-hybridized carbons (Fsp3) is 0.316. The Bertz CT molecular complexity index is 703. The van der Waals surface area contributed by atoms with Crippen molar-refractivity contribution in [2.24, 2.45) is 0 Å². The molecule has 21 heavy (non-hydrogen) atoms. The van der Waals surface area contributed by atoms with E-state index in [4.69, 9.17) is 0 Å². The van der Waals surface area contributed by atoms with Gasteiger partial charge in [0.25, 0.3) is 5.91 Å². The normalized spacial score (nSPS) is 14.0. The van der Waals surface area contributed by atoms with Gasteiger partial charge in [0.1, 0.15) is 0 Å². The number of carbonyl (C=O) groups excluding carboxylic acids is 1. The van der Waals surface area contributed by atoms with E-state index in [2.05, 4.69) is 39.0 Å². The Morgan fingerprint density at radius 2 is 1.81 bits per heavy atom. The molecule has 1 heterocycles. The van der Waals surface area contributed by atoms with E-state index in [9.17, 15) is 4.79 Å². The highest BCUT2D eigenvalue weighted by Crippen LogP contribution is 2.29. The first kappa shape index (κ1) is 13.9. The number of fused-ring (bicyclic) bond motifs is 1. The lowest BCUT2D eigenvalue weighted by Crippen LogP contribution is -2.35. The third-order valence-electron chi connectivity index (χ3n) is 4.35. The Labute approximate surface area is 126 Å². The minimum atomic E-state index is 0.114. The van der Waals surface area contributed by atoms with Gasteiger partial charge in [0.15, 0.2) is 0 Å². The minimum Gasteiger partial charge on any atom is -0.308 e. The molecule has 108 valence electrons. The van der Waals surface area contributed by atoms with E-state index in [1.54, 1.807) is 0 Å². The zero-order valence-corrected chi connectivity index (χ0v) is 12.9. The van der Waals surface area contributed by atoms with Crippen LogP contribution in [0.15, 0.2) is 36.4 Å². The molecule has 2 aromatic rings. The lowest BCUT2D eigenvalue weighted by Gasteiger charge is -2.30. The molecule has 1 amide bonds. The molecular weight excluding hydrogens is 258 g/mol. The van der Waals surface area contributed by atoms with Crippen molar-refractivity contribution in [3.63, 3.8) is 0 Å². The van der Waals surface area contributed by atoms with Crippen LogP contribution in [0, 0.1) is 20.8 Å². The smallest absolute Gasteiger partial charge is 0.258 e. The number of benzene rings is 2. The number of hydrogen-bond donors (Lipinski definition) is 0. The van der Waals surface area contributed by atoms with Crippen molar-refractivity contribution in [2.75, 3.05) is 11.4 Å². The molecule has 0 N–H and O–H groups in total. The lowest BCUT2D eigenvalue weighted by atomic mass is 9.98. The van der Waals surface area contributed by atoms with Crippen molar-refractivity contribution in [3.05, 3.63) is 64.2 Å². The van der Waals surface area contributed by atoms with Crippen molar-refractivity contribution in [1.29, 1.82) is 0 Å². The maximum Gasteiger partial charge on any atom is 0.258 e. The van der Waals surface area contributed by atoms with E-state index in [0.29, 0.717) is 0 Å². The molecule has 2 heteroatoms. The van der Waals surface area contributed by atoms with Crippen LogP contribution in [0.5, 0.6) is 0 Å². The van der Waals surface area contributed by atoms with Crippen LogP contribution >= 0.6 is 0 Å². The fourth-order valence-electron chi connectivity index (χ4n) is 2.97. The highest BCUT2D eigenvalue weighted by Gasteiger charge is 2.23. The van der Waals surface area contributed by atoms with Crippen LogP contribution in [0.3, 0.4) is 0 Å². The maximum atomic E-state index is 12.8. The van der Waals surface area contributed by atoms with Crippen LogP contribution in [0.2, 0.25) is 0 Å². The Kier molecular flexibility index (Phi) is 3.54. The zero-order chi connectivity index (χ0) is 15.0. The van der Waals surface area contributed by atoms with Gasteiger partial charge < -0.3 is 4.90 Å². The topological polar surface area (TPSA) is 20.3 Å². The summed E-state index contributed by atoms with van der Waals surface area (Å²) in [7, 11) is 0. The molecule has 0 fully saturated rings. The third-order valence-corrected chi connectivity index (χ3v) is 4.35. The SMILES string of the molecule is Cc1ccc2c(c1)CCCN2C(=O)c1ccc(C)c(C)c1. The Balaban J connectivity index is 1.98. The van der Waals surface area contributed by atoms with Crippen LogP contribution in [-0.2, 0) is 6.42 Å². The van der Waals surface area contributed by atoms with Gasteiger partial charge in [-0.25, -0.2) is 0 Å². The summed E-state index contributed by atoms with van der Waals surface area (Å²) in [5.74, 6) is 0.114. The molecule has 0 aliphatic carbocycles. The van der Waals surface area contributed by atoms with E-state index in [-0.39, 0.29) is 5.91 Å². The Hall–Kier alpha value is -2.09. The summed E-state index contributed by atoms with van der Waals surface area (Å²) < 4.78 is 0. The number of aryl methyl sites for hydroxylation is 4. The molecule has 3 rings (SSSR count). The van der Waals surface area contributed by atoms with Gasteiger partial charge in [0, 0.05) is 17.8 Å². The summed E-state index contributed by atoms with van der Waals surface area (Å²) in [6, 6.07) is 12.3. The van der Waals surface area contributed by atoms with E-state index in [0.717, 1.165) is 30.6 Å². The molecule has 0 saturated carbocycles. The number of nitrogens with zero attached hydrogens (tertiary/aromatic N) is 1. The molecule has 0 saturated heterocycles. The molecule has 0 aromatic heterocycles. The standard InChI is InChI=1S/C19H21NO/c1-13-6-9-18-16(11-13)5-4-10-20(18)19(21)17-8-7-14(2)15(3)12-17/h6-9,11-12H,4-5,10H2,1-3H3. The molecule has 0 atom stereocenters. The van der Waals surface area contributed by atoms with E-state index in [1.165, 1.54) is 22.3 Å². The first-order valence-electron chi connectivity index (χ1n) is 7.55. The van der Waals surface area contributed by atoms with Crippen molar-refractivity contribution >= 4 is 11.6 Å². The molecule has 2 nitrogen and oxygen atoms in total. The summed E-state index contributed by atoms with van der Waals surface area (Å²) in [5.41, 5.74) is 6.80. The van der Waals surface area contributed by atoms with Gasteiger partial charge in [-0.15, -0.1) is 0 Å². The largest absolute Gasteiger partial charge is 0.308 e. The second-order valence-corrected chi connectivity index (χ2v) is 5.99. The fourth-order valence-corrected chi connectivity index (χ4v) is 2.97. The summed E-state index contributed by atoms with van der Waals surface area (Å²) in [5, 5.41) is 0. The van der Waals surface area contributed by atoms with Crippen LogP contribution < -0.4 is 4.90 Å². The van der Waals surface area contributed by atoms with Crippen molar-refractivity contribution in [1.82, 2.24) is 0 Å². The molecule has 2 aromatic carbocycles. The third kappa shape index (κ3) is 2.58. The molecule has 0 bridgehead atoms. The number of anilines is 1. The van der Waals surface area contributed by atoms with Crippen LogP contribution in [-0.4, -0.2) is 12.5 Å². The van der Waals surface area contributed by atoms with Gasteiger partial charge >= 0.3 is 0 Å². The quantitative estimate of drug-likeness (QED) is 0.766. The van der Waals surface area contributed by atoms with Gasteiger partial charge in [-0.1, -0.05) is 23.8 Å². The number of carbonyl (C=O) groups is 1. The summed E-state index contributed by atoms with van der Waals surface area (Å²) in [6.07, 6.45) is 2.10. The Morgan fingerprint density at radius 1 is 1.00 bits per heavy atom. The van der Waals surface area contributed by atoms with Gasteiger partial charge in [0.2, 0.25) is 0 Å². The maximum absolute atomic E-state index is 12.8. The van der Waals surface area contributed by atoms with Crippen LogP contribution in [0.4, 0.5) is 5.69 Å². The summed E-state index contributed by atoms with van der Waals surface area (Å²) in [4.78, 5) is 14.8. The number of rotatable bonds is 1. The predicted octanol–water partition coefficient (Wildman–Crippen LogP) is 4.20. The van der Waals surface area contributed by atoms with Crippen LogP contribution in [0.25, 0.3) is 0 Å². The summed E-state index contributed by atoms with van der Waals surface area (Å²) in [6.45, 7) is 7.04. The number of hydrogen-bond acceptors (Lipinski definition) is 1. The van der Waals surface area contributed by atoms with E-state index < -0.39 is 0 Å². The highest BCUT2D eigenvalue weighted by atomic mass is 16.2. The van der Waals surface area contributed by atoms with Crippen molar-refractivity contribution in [2.45, 2.75) is 33.6 Å². The van der Waals surface area contributed by atoms with Crippen molar-refractivity contribution < 1.29 is 4.79 Å². The van der Waals surface area contributed by atoms with E-state index >= 15 is 0 Å². The second-order valence-electron chi connectivity index (χ2n) is 5.99. The predicted molar refractivity (Wildman–Crippen MR) is 87.1 cm³/mol. The minimum absolute atomic E-state index is 0.114. The monoisotopic (exact) mass is 279 g/mol. The van der Waals surface area contributed by atoms with Gasteiger partial charge in [-0.2, -0.15) is 0 Å². The first-order valence-corrected chi connectivity index (χ1v) is 7.55. The van der Waals surface area contributed by atoms with E-state index in [1.807, 2.05) is 23.1 Å². The molecule has 0 unspecified atom stereocenters. The molecular formula is C19H21NO. The Morgan fingerprint density at radius 3 is 2.57 bits per heavy atom. The highest BCUT2D eigenvalue weighted by molar-refractivity contribution is 6.06. The van der Waals surface area contributed by atoms with Crippen LogP contribution in [0.1, 0.15) is 39.0 Å². The molecule has 1 aliphatic heterocycles. The van der Waals surface area contributed by atoms with Gasteiger partial charge in [-0.3, -0.25) is 4.79 Å². The molecule has 0 radical (unpaired) electrons. The lowest BCUT2D eigenvalue weighted by molar-refractivity contribution is 0.0985. The van der Waals surface area contributed by atoms with Gasteiger partial charge in [-0.05, 0) is 68.5 Å². The average molecular weight is 279 g/mol. The first-order chi connectivity index (χ1) is 10.1. The van der Waals surface area contributed by atoms with Gasteiger partial charge in [0.05, 0.1) is 0 Å². The second kappa shape index (κ2) is 5.36. The van der Waals surface area contributed by atoms with Crippen molar-refractivity contribution in [3.8, 4) is 0 Å². The summed E-state index contributed by atoms with van der Waals surface area (Å²) >= 11 is 0. The molecule has 0 spiro atoms. The molecule has 1 aliphatic rings. The zero-order valence-electron chi connectivity index (χ0n) is 12.9. The average Bonchev–Trinajstić information content (AvgIpc) is 2.48.